The van der Waals surface area contributed by atoms with Crippen molar-refractivity contribution < 1.29 is 4.74 Å². The number of rotatable bonds is 3. The Kier molecular flexibility index (Phi) is 5.54. The molecule has 3 heterocycles. The molecule has 0 aliphatic carbocycles. The summed E-state index contributed by atoms with van der Waals surface area (Å²) >= 11 is 0. The van der Waals surface area contributed by atoms with E-state index in [4.69, 9.17) is 4.74 Å². The van der Waals surface area contributed by atoms with Gasteiger partial charge in [-0.05, 0) is 41.5 Å². The van der Waals surface area contributed by atoms with Gasteiger partial charge in [-0.2, -0.15) is 10.2 Å². The lowest BCUT2D eigenvalue weighted by atomic mass is 10.1. The van der Waals surface area contributed by atoms with E-state index < -0.39 is 0 Å². The molecule has 134 valence electrons. The van der Waals surface area contributed by atoms with Crippen LogP contribution in [0.25, 0.3) is 0 Å². The van der Waals surface area contributed by atoms with Gasteiger partial charge in [0.15, 0.2) is 0 Å². The molecular formula is C17H30N6O. The first-order chi connectivity index (χ1) is 11.1. The molecule has 0 radical (unpaired) electrons. The molecule has 0 atom stereocenters. The van der Waals surface area contributed by atoms with E-state index in [-0.39, 0.29) is 11.1 Å². The van der Waals surface area contributed by atoms with E-state index >= 15 is 0 Å². The Morgan fingerprint density at radius 1 is 1.04 bits per heavy atom. The SMILES string of the molecule is CC(C)(C)Nc1cn[nH]c1.CC(C)(C)Nc1cnn(C2COC2)c1. The van der Waals surface area contributed by atoms with E-state index in [2.05, 4.69) is 67.5 Å². The summed E-state index contributed by atoms with van der Waals surface area (Å²) in [5, 5.41) is 17.5. The first kappa shape index (κ1) is 18.3. The highest BCUT2D eigenvalue weighted by molar-refractivity contribution is 5.41. The van der Waals surface area contributed by atoms with Crippen molar-refractivity contribution in [3.63, 3.8) is 0 Å². The van der Waals surface area contributed by atoms with Crippen LogP contribution in [-0.4, -0.2) is 44.3 Å². The lowest BCUT2D eigenvalue weighted by Gasteiger charge is -2.26. The van der Waals surface area contributed by atoms with Crippen molar-refractivity contribution in [1.29, 1.82) is 0 Å². The minimum atomic E-state index is 0.0873. The molecule has 0 amide bonds. The minimum absolute atomic E-state index is 0.0873. The number of hydrogen-bond acceptors (Lipinski definition) is 5. The molecule has 3 rings (SSSR count). The summed E-state index contributed by atoms with van der Waals surface area (Å²) in [6, 6.07) is 0.436. The number of H-pyrrole nitrogens is 1. The molecule has 0 aromatic carbocycles. The molecule has 7 nitrogen and oxygen atoms in total. The summed E-state index contributed by atoms with van der Waals surface area (Å²) in [6.07, 6.45) is 7.51. The van der Waals surface area contributed by atoms with Crippen molar-refractivity contribution in [2.45, 2.75) is 58.7 Å². The predicted molar refractivity (Wildman–Crippen MR) is 97.4 cm³/mol. The number of hydrogen-bond donors (Lipinski definition) is 3. The lowest BCUT2D eigenvalue weighted by molar-refractivity contribution is -0.0286. The predicted octanol–water partition coefficient (Wildman–Crippen LogP) is 3.28. The van der Waals surface area contributed by atoms with Crippen molar-refractivity contribution in [1.82, 2.24) is 20.0 Å². The van der Waals surface area contributed by atoms with E-state index in [0.717, 1.165) is 24.6 Å². The first-order valence-electron chi connectivity index (χ1n) is 8.29. The fourth-order valence-electron chi connectivity index (χ4n) is 2.16. The van der Waals surface area contributed by atoms with E-state index in [0.29, 0.717) is 6.04 Å². The molecule has 0 spiro atoms. The second kappa shape index (κ2) is 7.25. The molecule has 1 saturated heterocycles. The van der Waals surface area contributed by atoms with Crippen LogP contribution in [-0.2, 0) is 4.74 Å². The number of aromatic amines is 1. The van der Waals surface area contributed by atoms with Crippen molar-refractivity contribution >= 4 is 11.4 Å². The zero-order valence-electron chi connectivity index (χ0n) is 15.6. The maximum absolute atomic E-state index is 5.12. The Hall–Kier alpha value is -2.02. The average molecular weight is 334 g/mol. The van der Waals surface area contributed by atoms with E-state index in [9.17, 15) is 0 Å². The van der Waals surface area contributed by atoms with Gasteiger partial charge in [-0.25, -0.2) is 0 Å². The Labute approximate surface area is 144 Å². The zero-order chi connectivity index (χ0) is 17.8. The van der Waals surface area contributed by atoms with Gasteiger partial charge in [0.2, 0.25) is 0 Å². The monoisotopic (exact) mass is 334 g/mol. The van der Waals surface area contributed by atoms with Crippen LogP contribution >= 0.6 is 0 Å². The molecule has 2 aromatic heterocycles. The van der Waals surface area contributed by atoms with Gasteiger partial charge in [0.25, 0.3) is 0 Å². The summed E-state index contributed by atoms with van der Waals surface area (Å²) in [4.78, 5) is 0. The Morgan fingerprint density at radius 3 is 2.12 bits per heavy atom. The fourth-order valence-corrected chi connectivity index (χ4v) is 2.16. The van der Waals surface area contributed by atoms with Crippen molar-refractivity contribution in [2.24, 2.45) is 0 Å². The third-order valence-electron chi connectivity index (χ3n) is 3.13. The van der Waals surface area contributed by atoms with Crippen LogP contribution in [0.1, 0.15) is 47.6 Å². The minimum Gasteiger partial charge on any atom is -0.378 e. The average Bonchev–Trinajstić information content (AvgIpc) is 2.96. The molecule has 1 fully saturated rings. The quantitative estimate of drug-likeness (QED) is 0.803. The molecule has 24 heavy (non-hydrogen) atoms. The van der Waals surface area contributed by atoms with Crippen LogP contribution in [0.4, 0.5) is 11.4 Å². The zero-order valence-corrected chi connectivity index (χ0v) is 15.6. The third kappa shape index (κ3) is 6.23. The van der Waals surface area contributed by atoms with Crippen molar-refractivity contribution in [3.05, 3.63) is 24.8 Å². The molecule has 0 unspecified atom stereocenters. The summed E-state index contributed by atoms with van der Waals surface area (Å²) in [5.41, 5.74) is 2.31. The molecule has 3 N–H and O–H groups in total. The van der Waals surface area contributed by atoms with Crippen molar-refractivity contribution in [2.75, 3.05) is 23.8 Å². The largest absolute Gasteiger partial charge is 0.378 e. The van der Waals surface area contributed by atoms with Crippen LogP contribution in [0.5, 0.6) is 0 Å². The normalized spacial score (nSPS) is 15.2. The van der Waals surface area contributed by atoms with Crippen LogP contribution in [0.2, 0.25) is 0 Å². The van der Waals surface area contributed by atoms with Gasteiger partial charge < -0.3 is 15.4 Å². The molecule has 7 heteroatoms. The number of aromatic nitrogens is 4. The summed E-state index contributed by atoms with van der Waals surface area (Å²) in [7, 11) is 0. The van der Waals surface area contributed by atoms with Gasteiger partial charge in [-0.1, -0.05) is 0 Å². The molecule has 0 saturated carbocycles. The Balaban J connectivity index is 0.000000185. The van der Waals surface area contributed by atoms with Gasteiger partial charge in [0, 0.05) is 23.5 Å². The molecule has 2 aromatic rings. The van der Waals surface area contributed by atoms with E-state index in [1.165, 1.54) is 0 Å². The van der Waals surface area contributed by atoms with Crippen molar-refractivity contribution in [3.8, 4) is 0 Å². The second-order valence-corrected chi connectivity index (χ2v) is 8.14. The lowest BCUT2D eigenvalue weighted by Crippen LogP contribution is -2.31. The van der Waals surface area contributed by atoms with Crippen LogP contribution in [0, 0.1) is 0 Å². The van der Waals surface area contributed by atoms with Gasteiger partial charge in [0.05, 0.1) is 43.0 Å². The smallest absolute Gasteiger partial charge is 0.0986 e. The second-order valence-electron chi connectivity index (χ2n) is 8.14. The molecular weight excluding hydrogens is 304 g/mol. The van der Waals surface area contributed by atoms with E-state index in [1.807, 2.05) is 23.3 Å². The van der Waals surface area contributed by atoms with Gasteiger partial charge in [-0.15, -0.1) is 0 Å². The third-order valence-corrected chi connectivity index (χ3v) is 3.13. The van der Waals surface area contributed by atoms with E-state index in [1.54, 1.807) is 6.20 Å². The number of anilines is 2. The summed E-state index contributed by atoms with van der Waals surface area (Å²) < 4.78 is 7.09. The van der Waals surface area contributed by atoms with Gasteiger partial charge in [-0.3, -0.25) is 9.78 Å². The van der Waals surface area contributed by atoms with Gasteiger partial charge >= 0.3 is 0 Å². The first-order valence-corrected chi connectivity index (χ1v) is 8.29. The summed E-state index contributed by atoms with van der Waals surface area (Å²) in [5.74, 6) is 0. The molecule has 0 bridgehead atoms. The fraction of sp³-hybridized carbons (Fsp3) is 0.647. The van der Waals surface area contributed by atoms with Gasteiger partial charge in [0.1, 0.15) is 0 Å². The Morgan fingerprint density at radius 2 is 1.67 bits per heavy atom. The maximum Gasteiger partial charge on any atom is 0.0986 e. The van der Waals surface area contributed by atoms with Crippen LogP contribution in [0.3, 0.4) is 0 Å². The van der Waals surface area contributed by atoms with Crippen LogP contribution in [0.15, 0.2) is 24.8 Å². The molecule has 1 aliphatic rings. The highest BCUT2D eigenvalue weighted by atomic mass is 16.5. The highest BCUT2D eigenvalue weighted by Crippen LogP contribution is 2.20. The standard InChI is InChI=1S/C10H17N3O.C7H13N3/c1-10(2,3)12-8-4-11-13(5-8)9-6-14-7-9;1-7(2,3)10-6-4-8-9-5-6/h4-5,9,12H,6-7H2,1-3H3;4-5,10H,1-3H3,(H,8,9). The Bertz CT molecular complexity index is 602. The molecule has 1 aliphatic heterocycles. The highest BCUT2D eigenvalue weighted by Gasteiger charge is 2.21. The topological polar surface area (TPSA) is 79.8 Å². The number of ether oxygens (including phenoxy) is 1. The summed E-state index contributed by atoms with van der Waals surface area (Å²) in [6.45, 7) is 14.3. The number of nitrogens with zero attached hydrogens (tertiary/aromatic N) is 3. The van der Waals surface area contributed by atoms with Crippen LogP contribution < -0.4 is 10.6 Å². The maximum atomic E-state index is 5.12. The number of nitrogens with one attached hydrogen (secondary N) is 3.